The van der Waals surface area contributed by atoms with E-state index in [9.17, 15) is 0 Å². The SMILES string of the molecule is CNCc1cccc2c(OC)nccc12. The highest BCUT2D eigenvalue weighted by molar-refractivity contribution is 5.89. The summed E-state index contributed by atoms with van der Waals surface area (Å²) >= 11 is 0. The molecule has 0 bridgehead atoms. The van der Waals surface area contributed by atoms with Gasteiger partial charge in [0.15, 0.2) is 0 Å². The van der Waals surface area contributed by atoms with Crippen LogP contribution in [-0.2, 0) is 6.54 Å². The Hall–Kier alpha value is -1.61. The Labute approximate surface area is 89.1 Å². The number of nitrogens with zero attached hydrogens (tertiary/aromatic N) is 1. The molecule has 3 nitrogen and oxygen atoms in total. The average molecular weight is 202 g/mol. The first-order valence-electron chi connectivity index (χ1n) is 4.92. The van der Waals surface area contributed by atoms with E-state index in [1.54, 1.807) is 13.3 Å². The minimum Gasteiger partial charge on any atom is -0.481 e. The first-order valence-corrected chi connectivity index (χ1v) is 4.92. The lowest BCUT2D eigenvalue weighted by Crippen LogP contribution is -2.05. The molecule has 0 atom stereocenters. The number of rotatable bonds is 3. The second kappa shape index (κ2) is 4.28. The van der Waals surface area contributed by atoms with Crippen LogP contribution in [0.15, 0.2) is 30.5 Å². The molecule has 0 aliphatic heterocycles. The first kappa shape index (κ1) is 9.93. The highest BCUT2D eigenvalue weighted by Gasteiger charge is 2.04. The molecule has 0 unspecified atom stereocenters. The van der Waals surface area contributed by atoms with Crippen LogP contribution in [0.2, 0.25) is 0 Å². The van der Waals surface area contributed by atoms with Gasteiger partial charge in [0.2, 0.25) is 5.88 Å². The van der Waals surface area contributed by atoms with Gasteiger partial charge in [-0.25, -0.2) is 4.98 Å². The molecule has 0 saturated carbocycles. The van der Waals surface area contributed by atoms with Crippen LogP contribution < -0.4 is 10.1 Å². The van der Waals surface area contributed by atoms with Crippen molar-refractivity contribution < 1.29 is 4.74 Å². The summed E-state index contributed by atoms with van der Waals surface area (Å²) in [6.45, 7) is 0.852. The van der Waals surface area contributed by atoms with E-state index >= 15 is 0 Å². The van der Waals surface area contributed by atoms with Crippen LogP contribution in [0.1, 0.15) is 5.56 Å². The monoisotopic (exact) mass is 202 g/mol. The molecule has 1 heterocycles. The molecular formula is C12H14N2O. The molecule has 0 spiro atoms. The molecule has 0 fully saturated rings. The molecule has 0 aliphatic carbocycles. The molecule has 3 heteroatoms. The predicted molar refractivity (Wildman–Crippen MR) is 61.1 cm³/mol. The third kappa shape index (κ3) is 1.78. The summed E-state index contributed by atoms with van der Waals surface area (Å²) in [5, 5.41) is 5.41. The fourth-order valence-corrected chi connectivity index (χ4v) is 1.75. The molecule has 0 aliphatic rings. The summed E-state index contributed by atoms with van der Waals surface area (Å²) in [5.74, 6) is 0.686. The zero-order valence-corrected chi connectivity index (χ0v) is 8.95. The Kier molecular flexibility index (Phi) is 2.83. The third-order valence-electron chi connectivity index (χ3n) is 2.42. The van der Waals surface area contributed by atoms with E-state index in [0.29, 0.717) is 5.88 Å². The van der Waals surface area contributed by atoms with Crippen molar-refractivity contribution in [2.45, 2.75) is 6.54 Å². The van der Waals surface area contributed by atoms with Gasteiger partial charge in [-0.1, -0.05) is 12.1 Å². The fourth-order valence-electron chi connectivity index (χ4n) is 1.75. The van der Waals surface area contributed by atoms with Gasteiger partial charge < -0.3 is 10.1 Å². The minimum atomic E-state index is 0.686. The highest BCUT2D eigenvalue weighted by Crippen LogP contribution is 2.25. The number of benzene rings is 1. The quantitative estimate of drug-likeness (QED) is 0.826. The van der Waals surface area contributed by atoms with Crippen LogP contribution in [-0.4, -0.2) is 19.1 Å². The lowest BCUT2D eigenvalue weighted by Gasteiger charge is -2.08. The van der Waals surface area contributed by atoms with Gasteiger partial charge in [-0.05, 0) is 30.1 Å². The summed E-state index contributed by atoms with van der Waals surface area (Å²) in [7, 11) is 3.59. The van der Waals surface area contributed by atoms with Crippen LogP contribution in [0.5, 0.6) is 5.88 Å². The van der Waals surface area contributed by atoms with Crippen molar-refractivity contribution >= 4 is 10.8 Å². The first-order chi connectivity index (χ1) is 7.36. The third-order valence-corrected chi connectivity index (χ3v) is 2.42. The molecule has 78 valence electrons. The molecule has 2 rings (SSSR count). The number of nitrogens with one attached hydrogen (secondary N) is 1. The van der Waals surface area contributed by atoms with E-state index in [0.717, 1.165) is 11.9 Å². The molecule has 2 aromatic rings. The van der Waals surface area contributed by atoms with Gasteiger partial charge in [0, 0.05) is 18.1 Å². The van der Waals surface area contributed by atoms with E-state index in [4.69, 9.17) is 4.74 Å². The Morgan fingerprint density at radius 2 is 2.13 bits per heavy atom. The van der Waals surface area contributed by atoms with Gasteiger partial charge in [0.1, 0.15) is 0 Å². The number of ether oxygens (including phenoxy) is 1. The molecule has 0 amide bonds. The lowest BCUT2D eigenvalue weighted by molar-refractivity contribution is 0.403. The topological polar surface area (TPSA) is 34.1 Å². The Bertz CT molecular complexity index is 468. The summed E-state index contributed by atoms with van der Waals surface area (Å²) < 4.78 is 5.23. The normalized spacial score (nSPS) is 10.5. The van der Waals surface area contributed by atoms with E-state index in [2.05, 4.69) is 16.4 Å². The van der Waals surface area contributed by atoms with E-state index in [1.807, 2.05) is 25.2 Å². The van der Waals surface area contributed by atoms with Gasteiger partial charge in [0.25, 0.3) is 0 Å². The van der Waals surface area contributed by atoms with Crippen molar-refractivity contribution in [3.05, 3.63) is 36.0 Å². The van der Waals surface area contributed by atoms with Gasteiger partial charge in [-0.3, -0.25) is 0 Å². The van der Waals surface area contributed by atoms with Crippen LogP contribution in [0.25, 0.3) is 10.8 Å². The average Bonchev–Trinajstić information content (AvgIpc) is 2.29. The Balaban J connectivity index is 2.65. The summed E-state index contributed by atoms with van der Waals surface area (Å²) in [4.78, 5) is 4.18. The molecule has 1 N–H and O–H groups in total. The van der Waals surface area contributed by atoms with Crippen molar-refractivity contribution in [3.63, 3.8) is 0 Å². The van der Waals surface area contributed by atoms with Crippen molar-refractivity contribution in [1.82, 2.24) is 10.3 Å². The molecule has 1 aromatic heterocycles. The number of methoxy groups -OCH3 is 1. The maximum absolute atomic E-state index is 5.23. The van der Waals surface area contributed by atoms with E-state index < -0.39 is 0 Å². The highest BCUT2D eigenvalue weighted by atomic mass is 16.5. The standard InChI is InChI=1S/C12H14N2O/c1-13-8-9-4-3-5-11-10(9)6-7-14-12(11)15-2/h3-7,13H,8H2,1-2H3. The van der Waals surface area contributed by atoms with Gasteiger partial charge >= 0.3 is 0 Å². The van der Waals surface area contributed by atoms with Crippen molar-refractivity contribution in [3.8, 4) is 5.88 Å². The maximum Gasteiger partial charge on any atom is 0.221 e. The molecule has 0 saturated heterocycles. The maximum atomic E-state index is 5.23. The van der Waals surface area contributed by atoms with Gasteiger partial charge in [0.05, 0.1) is 7.11 Å². The molecule has 1 aromatic carbocycles. The Morgan fingerprint density at radius 1 is 1.27 bits per heavy atom. The molecule has 15 heavy (non-hydrogen) atoms. The number of fused-ring (bicyclic) bond motifs is 1. The summed E-state index contributed by atoms with van der Waals surface area (Å²) in [6.07, 6.45) is 1.78. The van der Waals surface area contributed by atoms with Gasteiger partial charge in [-0.15, -0.1) is 0 Å². The fraction of sp³-hybridized carbons (Fsp3) is 0.250. The predicted octanol–water partition coefficient (Wildman–Crippen LogP) is 1.96. The van der Waals surface area contributed by atoms with Crippen molar-refractivity contribution in [1.29, 1.82) is 0 Å². The van der Waals surface area contributed by atoms with Crippen LogP contribution in [0.3, 0.4) is 0 Å². The number of hydrogen-bond donors (Lipinski definition) is 1. The van der Waals surface area contributed by atoms with Crippen LogP contribution in [0.4, 0.5) is 0 Å². The van der Waals surface area contributed by atoms with Crippen molar-refractivity contribution in [2.75, 3.05) is 14.2 Å². The van der Waals surface area contributed by atoms with Crippen LogP contribution in [0, 0.1) is 0 Å². The number of aromatic nitrogens is 1. The van der Waals surface area contributed by atoms with Crippen LogP contribution >= 0.6 is 0 Å². The second-order valence-electron chi connectivity index (χ2n) is 3.36. The molecular weight excluding hydrogens is 188 g/mol. The zero-order chi connectivity index (χ0) is 10.7. The summed E-state index contributed by atoms with van der Waals surface area (Å²) in [6, 6.07) is 8.18. The zero-order valence-electron chi connectivity index (χ0n) is 8.95. The number of pyridine rings is 1. The largest absolute Gasteiger partial charge is 0.481 e. The van der Waals surface area contributed by atoms with E-state index in [-0.39, 0.29) is 0 Å². The summed E-state index contributed by atoms with van der Waals surface area (Å²) in [5.41, 5.74) is 1.26. The lowest BCUT2D eigenvalue weighted by atomic mass is 10.1. The molecule has 0 radical (unpaired) electrons. The second-order valence-corrected chi connectivity index (χ2v) is 3.36. The Morgan fingerprint density at radius 3 is 2.87 bits per heavy atom. The van der Waals surface area contributed by atoms with Crippen molar-refractivity contribution in [2.24, 2.45) is 0 Å². The minimum absolute atomic E-state index is 0.686. The van der Waals surface area contributed by atoms with Gasteiger partial charge in [-0.2, -0.15) is 0 Å². The number of hydrogen-bond acceptors (Lipinski definition) is 3. The smallest absolute Gasteiger partial charge is 0.221 e. The van der Waals surface area contributed by atoms with E-state index in [1.165, 1.54) is 10.9 Å².